The Morgan fingerprint density at radius 3 is 2.45 bits per heavy atom. The molecule has 0 bridgehead atoms. The lowest BCUT2D eigenvalue weighted by atomic mass is 10.1. The number of amides is 2. The summed E-state index contributed by atoms with van der Waals surface area (Å²) in [5, 5.41) is 3.92. The van der Waals surface area contributed by atoms with Crippen molar-refractivity contribution in [2.45, 2.75) is 13.5 Å². The minimum Gasteiger partial charge on any atom is -0.362 e. The van der Waals surface area contributed by atoms with Gasteiger partial charge in [0.15, 0.2) is 5.13 Å². The van der Waals surface area contributed by atoms with Crippen LogP contribution in [0.2, 0.25) is 0 Å². The van der Waals surface area contributed by atoms with E-state index in [1.54, 1.807) is 30.5 Å². The van der Waals surface area contributed by atoms with E-state index in [9.17, 15) is 9.59 Å². The van der Waals surface area contributed by atoms with Gasteiger partial charge in [-0.1, -0.05) is 12.1 Å². The highest BCUT2D eigenvalue weighted by Gasteiger charge is 2.35. The lowest BCUT2D eigenvalue weighted by Crippen LogP contribution is -2.28. The fourth-order valence-electron chi connectivity index (χ4n) is 2.15. The topological polar surface area (TPSA) is 62.3 Å². The number of nitrogens with zero attached hydrogens (tertiary/aromatic N) is 2. The van der Waals surface area contributed by atoms with Crippen LogP contribution < -0.4 is 5.32 Å². The number of anilines is 1. The normalized spacial score (nSPS) is 13.8. The summed E-state index contributed by atoms with van der Waals surface area (Å²) in [6.45, 7) is 3.06. The molecule has 0 unspecified atom stereocenters. The molecule has 3 rings (SSSR count). The molecule has 0 atom stereocenters. The lowest BCUT2D eigenvalue weighted by Gasteiger charge is -2.11. The van der Waals surface area contributed by atoms with Crippen molar-refractivity contribution < 1.29 is 9.59 Å². The van der Waals surface area contributed by atoms with Crippen LogP contribution in [-0.4, -0.2) is 28.2 Å². The van der Waals surface area contributed by atoms with Gasteiger partial charge in [0.2, 0.25) is 0 Å². The fourth-order valence-corrected chi connectivity index (χ4v) is 3.02. The van der Waals surface area contributed by atoms with E-state index >= 15 is 0 Å². The second-order valence-electron chi connectivity index (χ2n) is 4.40. The molecule has 2 amide bonds. The maximum atomic E-state index is 12.2. The second kappa shape index (κ2) is 5.05. The van der Waals surface area contributed by atoms with Crippen molar-refractivity contribution in [2.75, 3.05) is 11.9 Å². The molecule has 5 nitrogen and oxygen atoms in total. The van der Waals surface area contributed by atoms with Crippen molar-refractivity contribution in [3.8, 4) is 0 Å². The highest BCUT2D eigenvalue weighted by Crippen LogP contribution is 2.26. The van der Waals surface area contributed by atoms with Crippen LogP contribution >= 0.6 is 11.3 Å². The Hall–Kier alpha value is -2.21. The van der Waals surface area contributed by atoms with Crippen molar-refractivity contribution in [3.63, 3.8) is 0 Å². The number of thiazole rings is 1. The van der Waals surface area contributed by atoms with E-state index in [2.05, 4.69) is 10.3 Å². The average Bonchev–Trinajstić information content (AvgIpc) is 2.99. The fraction of sp³-hybridized carbons (Fsp3) is 0.214. The molecule has 0 spiro atoms. The lowest BCUT2D eigenvalue weighted by molar-refractivity contribution is 0.0644. The van der Waals surface area contributed by atoms with Crippen LogP contribution in [-0.2, 0) is 6.54 Å². The van der Waals surface area contributed by atoms with Gasteiger partial charge in [-0.05, 0) is 19.1 Å². The minimum atomic E-state index is -0.232. The molecule has 0 saturated heterocycles. The monoisotopic (exact) mass is 287 g/mol. The molecule has 0 radical (unpaired) electrons. The third-order valence-corrected chi connectivity index (χ3v) is 4.01. The van der Waals surface area contributed by atoms with Crippen molar-refractivity contribution >= 4 is 28.3 Å². The second-order valence-corrected chi connectivity index (χ2v) is 5.52. The third kappa shape index (κ3) is 2.08. The molecule has 0 fully saturated rings. The van der Waals surface area contributed by atoms with E-state index < -0.39 is 0 Å². The SMILES string of the molecule is CCNc1ncc(CN2C(=O)c3ccccc3C2=O)s1. The van der Waals surface area contributed by atoms with Crippen LogP contribution in [0.3, 0.4) is 0 Å². The Morgan fingerprint density at radius 2 is 1.85 bits per heavy atom. The number of carbonyl (C=O) groups is 2. The maximum Gasteiger partial charge on any atom is 0.261 e. The number of rotatable bonds is 4. The molecular weight excluding hydrogens is 274 g/mol. The molecule has 1 N–H and O–H groups in total. The quantitative estimate of drug-likeness (QED) is 0.877. The Bertz CT molecular complexity index is 646. The summed E-state index contributed by atoms with van der Waals surface area (Å²) in [6.07, 6.45) is 1.70. The van der Waals surface area contributed by atoms with E-state index in [4.69, 9.17) is 0 Å². The zero-order chi connectivity index (χ0) is 14.1. The van der Waals surface area contributed by atoms with Gasteiger partial charge < -0.3 is 5.32 Å². The van der Waals surface area contributed by atoms with E-state index in [0.717, 1.165) is 16.6 Å². The molecule has 1 aliphatic heterocycles. The summed E-state index contributed by atoms with van der Waals surface area (Å²) in [5.41, 5.74) is 0.961. The summed E-state index contributed by atoms with van der Waals surface area (Å²) in [7, 11) is 0. The molecule has 2 aromatic rings. The first-order valence-corrected chi connectivity index (χ1v) is 7.16. The Balaban J connectivity index is 1.82. The van der Waals surface area contributed by atoms with Crippen molar-refractivity contribution in [2.24, 2.45) is 0 Å². The third-order valence-electron chi connectivity index (χ3n) is 3.07. The van der Waals surface area contributed by atoms with Crippen molar-refractivity contribution in [1.82, 2.24) is 9.88 Å². The standard InChI is InChI=1S/C14H13N3O2S/c1-2-15-14-16-7-9(20-14)8-17-12(18)10-5-3-4-6-11(10)13(17)19/h3-7H,2,8H2,1H3,(H,15,16). The minimum absolute atomic E-state index is 0.232. The first-order valence-electron chi connectivity index (χ1n) is 6.34. The maximum absolute atomic E-state index is 12.2. The summed E-state index contributed by atoms with van der Waals surface area (Å²) in [6, 6.07) is 6.91. The van der Waals surface area contributed by atoms with E-state index in [0.29, 0.717) is 11.1 Å². The van der Waals surface area contributed by atoms with E-state index in [1.807, 2.05) is 6.92 Å². The first-order chi connectivity index (χ1) is 9.70. The summed E-state index contributed by atoms with van der Waals surface area (Å²) in [4.78, 5) is 30.8. The number of imide groups is 1. The van der Waals surface area contributed by atoms with Gasteiger partial charge in [0.1, 0.15) is 0 Å². The van der Waals surface area contributed by atoms with Gasteiger partial charge in [0, 0.05) is 17.6 Å². The number of nitrogens with one attached hydrogen (secondary N) is 1. The van der Waals surface area contributed by atoms with Crippen LogP contribution in [0.4, 0.5) is 5.13 Å². The smallest absolute Gasteiger partial charge is 0.261 e. The van der Waals surface area contributed by atoms with Gasteiger partial charge in [-0.2, -0.15) is 0 Å². The summed E-state index contributed by atoms with van der Waals surface area (Å²) >= 11 is 1.46. The highest BCUT2D eigenvalue weighted by atomic mass is 32.1. The summed E-state index contributed by atoms with van der Waals surface area (Å²) in [5.74, 6) is -0.465. The van der Waals surface area contributed by atoms with E-state index in [1.165, 1.54) is 16.2 Å². The molecule has 102 valence electrons. The molecule has 20 heavy (non-hydrogen) atoms. The molecule has 1 aliphatic rings. The van der Waals surface area contributed by atoms with Crippen LogP contribution in [0.15, 0.2) is 30.5 Å². The molecule has 2 heterocycles. The molecule has 0 aliphatic carbocycles. The number of fused-ring (bicyclic) bond motifs is 1. The molecule has 1 aromatic carbocycles. The zero-order valence-electron chi connectivity index (χ0n) is 10.9. The van der Waals surface area contributed by atoms with Gasteiger partial charge in [0.25, 0.3) is 11.8 Å². The molecular formula is C14H13N3O2S. The first kappa shape index (κ1) is 12.8. The number of hydrogen-bond acceptors (Lipinski definition) is 5. The van der Waals surface area contributed by atoms with Crippen LogP contribution in [0, 0.1) is 0 Å². The van der Waals surface area contributed by atoms with Crippen LogP contribution in [0.25, 0.3) is 0 Å². The van der Waals surface area contributed by atoms with Crippen LogP contribution in [0.1, 0.15) is 32.5 Å². The van der Waals surface area contributed by atoms with E-state index in [-0.39, 0.29) is 18.4 Å². The Kier molecular flexibility index (Phi) is 3.23. The predicted molar refractivity (Wildman–Crippen MR) is 76.9 cm³/mol. The number of aromatic nitrogens is 1. The predicted octanol–water partition coefficient (Wildman–Crippen LogP) is 2.37. The van der Waals surface area contributed by atoms with Gasteiger partial charge in [-0.3, -0.25) is 14.5 Å². The van der Waals surface area contributed by atoms with Gasteiger partial charge in [0.05, 0.1) is 17.7 Å². The number of hydrogen-bond donors (Lipinski definition) is 1. The molecule has 0 saturated carbocycles. The average molecular weight is 287 g/mol. The summed E-state index contributed by atoms with van der Waals surface area (Å²) < 4.78 is 0. The number of benzene rings is 1. The van der Waals surface area contributed by atoms with Gasteiger partial charge in [-0.25, -0.2) is 4.98 Å². The molecule has 6 heteroatoms. The highest BCUT2D eigenvalue weighted by molar-refractivity contribution is 7.15. The van der Waals surface area contributed by atoms with Gasteiger partial charge in [-0.15, -0.1) is 11.3 Å². The Labute approximate surface area is 120 Å². The van der Waals surface area contributed by atoms with Crippen LogP contribution in [0.5, 0.6) is 0 Å². The zero-order valence-corrected chi connectivity index (χ0v) is 11.7. The van der Waals surface area contributed by atoms with Gasteiger partial charge >= 0.3 is 0 Å². The van der Waals surface area contributed by atoms with Crippen molar-refractivity contribution in [3.05, 3.63) is 46.5 Å². The van der Waals surface area contributed by atoms with Crippen molar-refractivity contribution in [1.29, 1.82) is 0 Å². The Morgan fingerprint density at radius 1 is 1.20 bits per heavy atom. The number of carbonyl (C=O) groups excluding carboxylic acids is 2. The molecule has 1 aromatic heterocycles. The largest absolute Gasteiger partial charge is 0.362 e.